The largest absolute Gasteiger partial charge is 0.454 e. The zero-order chi connectivity index (χ0) is 17.6. The van der Waals surface area contributed by atoms with Crippen LogP contribution in [0.4, 0.5) is 0 Å². The number of hydrogen-bond donors (Lipinski definition) is 2. The number of rotatable bonds is 5. The molecule has 0 aromatic heterocycles. The third kappa shape index (κ3) is 3.27. The van der Waals surface area contributed by atoms with Crippen molar-refractivity contribution in [3.05, 3.63) is 0 Å². The minimum Gasteiger partial charge on any atom is -0.454 e. The molecule has 5 aliphatic rings. The molecule has 2 atom stereocenters. The molecule has 0 radical (unpaired) electrons. The first kappa shape index (κ1) is 16.9. The Labute approximate surface area is 148 Å². The Kier molecular flexibility index (Phi) is 4.24. The number of nitrogens with one attached hydrogen (secondary N) is 2. The summed E-state index contributed by atoms with van der Waals surface area (Å²) in [6, 6.07) is -0.473. The Morgan fingerprint density at radius 1 is 1.20 bits per heavy atom. The predicted octanol–water partition coefficient (Wildman–Crippen LogP) is 1.53. The second-order valence-corrected chi connectivity index (χ2v) is 8.84. The van der Waals surface area contributed by atoms with Crippen molar-refractivity contribution in [3.8, 4) is 0 Å². The van der Waals surface area contributed by atoms with Crippen LogP contribution >= 0.6 is 0 Å². The van der Waals surface area contributed by atoms with Crippen LogP contribution in [0.15, 0.2) is 0 Å². The molecular weight excluding hydrogens is 320 g/mol. The van der Waals surface area contributed by atoms with Gasteiger partial charge >= 0.3 is 5.97 Å². The van der Waals surface area contributed by atoms with Gasteiger partial charge in [-0.25, -0.2) is 4.79 Å². The number of hydrogen-bond acceptors (Lipinski definition) is 4. The van der Waals surface area contributed by atoms with Crippen molar-refractivity contribution >= 4 is 17.8 Å². The molecular formula is C19H28N2O4. The predicted molar refractivity (Wildman–Crippen MR) is 90.3 cm³/mol. The molecule has 138 valence electrons. The van der Waals surface area contributed by atoms with Crippen LogP contribution in [0.5, 0.6) is 0 Å². The molecule has 4 aliphatic carbocycles. The average molecular weight is 348 g/mol. The van der Waals surface area contributed by atoms with Crippen LogP contribution in [-0.4, -0.2) is 36.5 Å². The summed E-state index contributed by atoms with van der Waals surface area (Å²) in [5.41, 5.74) is 0.244. The first-order valence-corrected chi connectivity index (χ1v) is 9.69. The highest BCUT2D eigenvalue weighted by atomic mass is 16.5. The highest BCUT2D eigenvalue weighted by Crippen LogP contribution is 2.61. The van der Waals surface area contributed by atoms with E-state index in [0.717, 1.165) is 17.8 Å². The van der Waals surface area contributed by atoms with Gasteiger partial charge in [-0.2, -0.15) is 0 Å². The van der Waals surface area contributed by atoms with E-state index in [0.29, 0.717) is 12.8 Å². The van der Waals surface area contributed by atoms with Gasteiger partial charge in [0.05, 0.1) is 0 Å². The van der Waals surface area contributed by atoms with Crippen LogP contribution in [0.2, 0.25) is 0 Å². The lowest BCUT2D eigenvalue weighted by Gasteiger charge is -2.59. The van der Waals surface area contributed by atoms with Crippen LogP contribution in [0, 0.1) is 23.2 Å². The fourth-order valence-electron chi connectivity index (χ4n) is 6.17. The molecule has 2 amide bonds. The van der Waals surface area contributed by atoms with Gasteiger partial charge in [-0.15, -0.1) is 0 Å². The summed E-state index contributed by atoms with van der Waals surface area (Å²) in [5.74, 6) is 1.64. The summed E-state index contributed by atoms with van der Waals surface area (Å²) in [5, 5.41) is 5.65. The summed E-state index contributed by atoms with van der Waals surface area (Å²) in [7, 11) is 0. The molecule has 1 aliphatic heterocycles. The minimum absolute atomic E-state index is 0.123. The third-order valence-electron chi connectivity index (χ3n) is 7.01. The number of ether oxygens (including phenoxy) is 1. The first-order chi connectivity index (χ1) is 11.9. The minimum atomic E-state index is -0.596. The van der Waals surface area contributed by atoms with Crippen molar-refractivity contribution in [2.75, 3.05) is 6.61 Å². The zero-order valence-corrected chi connectivity index (χ0v) is 14.9. The molecule has 0 spiro atoms. The normalized spacial score (nSPS) is 39.8. The summed E-state index contributed by atoms with van der Waals surface area (Å²) in [6.07, 6.45) is 8.62. The van der Waals surface area contributed by atoms with Crippen LogP contribution in [0.3, 0.4) is 0 Å². The standard InChI is InChI=1S/C19H28N2O4/c1-11(19-7-12-4-13(8-19)6-14(5-12)9-19)20-17(23)10-25-18(24)15-2-3-16(22)21-15/h11-15H,2-10H2,1H3,(H,20,23)(H,21,22)/t11-,12?,13?,14?,15+,19?/m0/s1. The number of esters is 1. The van der Waals surface area contributed by atoms with Crippen molar-refractivity contribution in [1.29, 1.82) is 0 Å². The van der Waals surface area contributed by atoms with Crippen molar-refractivity contribution in [3.63, 3.8) is 0 Å². The topological polar surface area (TPSA) is 84.5 Å². The molecule has 6 heteroatoms. The molecule has 1 heterocycles. The summed E-state index contributed by atoms with van der Waals surface area (Å²) in [6.45, 7) is 1.85. The Morgan fingerprint density at radius 2 is 1.80 bits per heavy atom. The fraction of sp³-hybridized carbons (Fsp3) is 0.842. The van der Waals surface area contributed by atoms with E-state index in [2.05, 4.69) is 17.6 Å². The lowest BCUT2D eigenvalue weighted by atomic mass is 9.48. The second-order valence-electron chi connectivity index (χ2n) is 8.84. The SMILES string of the molecule is C[C@H](NC(=O)COC(=O)[C@H]1CCC(=O)N1)C12CC3CC(CC(C3)C1)C2. The highest BCUT2D eigenvalue weighted by molar-refractivity contribution is 5.89. The Morgan fingerprint density at radius 3 is 2.32 bits per heavy atom. The number of carbonyl (C=O) groups is 3. The van der Waals surface area contributed by atoms with Crippen molar-refractivity contribution in [2.24, 2.45) is 23.2 Å². The van der Waals surface area contributed by atoms with E-state index in [1.165, 1.54) is 38.5 Å². The fourth-order valence-corrected chi connectivity index (χ4v) is 6.17. The maximum Gasteiger partial charge on any atom is 0.329 e. The average Bonchev–Trinajstić information content (AvgIpc) is 2.98. The van der Waals surface area contributed by atoms with Crippen molar-refractivity contribution in [2.45, 2.75) is 70.4 Å². The van der Waals surface area contributed by atoms with Gasteiger partial charge in [-0.1, -0.05) is 0 Å². The zero-order valence-electron chi connectivity index (χ0n) is 14.9. The van der Waals surface area contributed by atoms with E-state index >= 15 is 0 Å². The summed E-state index contributed by atoms with van der Waals surface area (Å²) in [4.78, 5) is 35.3. The van der Waals surface area contributed by atoms with Crippen molar-refractivity contribution in [1.82, 2.24) is 10.6 Å². The monoisotopic (exact) mass is 348 g/mol. The quantitative estimate of drug-likeness (QED) is 0.738. The molecule has 0 unspecified atom stereocenters. The molecule has 4 bridgehead atoms. The highest BCUT2D eigenvalue weighted by Gasteiger charge is 2.53. The van der Waals surface area contributed by atoms with Crippen LogP contribution in [0.1, 0.15) is 58.3 Å². The van der Waals surface area contributed by atoms with E-state index in [9.17, 15) is 14.4 Å². The van der Waals surface area contributed by atoms with E-state index < -0.39 is 12.0 Å². The molecule has 4 saturated carbocycles. The molecule has 6 nitrogen and oxygen atoms in total. The van der Waals surface area contributed by atoms with Crippen LogP contribution in [0.25, 0.3) is 0 Å². The maximum atomic E-state index is 12.3. The summed E-state index contributed by atoms with van der Waals surface area (Å²) < 4.78 is 5.09. The molecule has 25 heavy (non-hydrogen) atoms. The molecule has 1 saturated heterocycles. The molecule has 0 aromatic rings. The van der Waals surface area contributed by atoms with E-state index in [1.54, 1.807) is 0 Å². The molecule has 5 fully saturated rings. The van der Waals surface area contributed by atoms with Gasteiger partial charge in [0, 0.05) is 12.5 Å². The second kappa shape index (κ2) is 6.29. The number of carbonyl (C=O) groups excluding carboxylic acids is 3. The molecule has 0 aromatic carbocycles. The Balaban J connectivity index is 1.28. The van der Waals surface area contributed by atoms with Gasteiger partial charge in [0.15, 0.2) is 6.61 Å². The van der Waals surface area contributed by atoms with Gasteiger partial charge < -0.3 is 15.4 Å². The maximum absolute atomic E-state index is 12.3. The van der Waals surface area contributed by atoms with Gasteiger partial charge in [0.2, 0.25) is 5.91 Å². The van der Waals surface area contributed by atoms with Crippen molar-refractivity contribution < 1.29 is 19.1 Å². The third-order valence-corrected chi connectivity index (χ3v) is 7.01. The molecule has 5 rings (SSSR count). The Hall–Kier alpha value is -1.59. The van der Waals surface area contributed by atoms with Crippen LogP contribution < -0.4 is 10.6 Å². The van der Waals surface area contributed by atoms with Gasteiger partial charge in [-0.3, -0.25) is 9.59 Å². The smallest absolute Gasteiger partial charge is 0.329 e. The number of amides is 2. The first-order valence-electron chi connectivity index (χ1n) is 9.69. The van der Waals surface area contributed by atoms with E-state index in [1.807, 2.05) is 0 Å². The lowest BCUT2D eigenvalue weighted by Crippen LogP contribution is -2.56. The lowest BCUT2D eigenvalue weighted by molar-refractivity contribution is -0.151. The van der Waals surface area contributed by atoms with E-state index in [-0.39, 0.29) is 29.9 Å². The Bertz CT molecular complexity index is 553. The van der Waals surface area contributed by atoms with Crippen LogP contribution in [-0.2, 0) is 19.1 Å². The van der Waals surface area contributed by atoms with E-state index in [4.69, 9.17) is 4.74 Å². The van der Waals surface area contributed by atoms with Gasteiger partial charge in [0.25, 0.3) is 5.91 Å². The summed E-state index contributed by atoms with van der Waals surface area (Å²) >= 11 is 0. The molecule has 2 N–H and O–H groups in total. The van der Waals surface area contributed by atoms with Gasteiger partial charge in [0.1, 0.15) is 6.04 Å². The van der Waals surface area contributed by atoms with Gasteiger partial charge in [-0.05, 0) is 75.0 Å².